The van der Waals surface area contributed by atoms with E-state index in [-0.39, 0.29) is 5.82 Å². The lowest BCUT2D eigenvalue weighted by Crippen LogP contribution is -2.18. The largest absolute Gasteiger partial charge is 0.478 e. The zero-order valence-corrected chi connectivity index (χ0v) is 17.1. The van der Waals surface area contributed by atoms with Crippen LogP contribution in [0.4, 0.5) is 4.39 Å². The monoisotopic (exact) mass is 394 g/mol. The van der Waals surface area contributed by atoms with Gasteiger partial charge in [0.1, 0.15) is 5.82 Å². The number of rotatable bonds is 8. The number of nitrogens with one attached hydrogen (secondary N) is 1. The van der Waals surface area contributed by atoms with E-state index in [0.717, 1.165) is 24.2 Å². The number of carboxylic acid groups (broad SMARTS) is 1. The van der Waals surface area contributed by atoms with Crippen molar-refractivity contribution < 1.29 is 14.3 Å². The van der Waals surface area contributed by atoms with Crippen molar-refractivity contribution in [2.75, 3.05) is 6.54 Å². The highest BCUT2D eigenvalue weighted by atomic mass is 19.1. The number of hydrogen-bond donors (Lipinski definition) is 2. The molecule has 3 aromatic rings. The highest BCUT2D eigenvalue weighted by Gasteiger charge is 2.22. The second kappa shape index (κ2) is 9.05. The smallest absolute Gasteiger partial charge is 0.337 e. The predicted molar refractivity (Wildman–Crippen MR) is 113 cm³/mol. The van der Waals surface area contributed by atoms with Crippen LogP contribution in [0.15, 0.2) is 48.5 Å². The molecule has 0 unspecified atom stereocenters. The summed E-state index contributed by atoms with van der Waals surface area (Å²) in [6.07, 6.45) is 0.873. The molecule has 0 aliphatic heterocycles. The number of benzene rings is 2. The first-order valence-corrected chi connectivity index (χ1v) is 9.80. The van der Waals surface area contributed by atoms with Crippen molar-refractivity contribution in [3.63, 3.8) is 0 Å². The summed E-state index contributed by atoms with van der Waals surface area (Å²) in [5, 5.41) is 13.1. The van der Waals surface area contributed by atoms with Gasteiger partial charge in [0.05, 0.1) is 12.1 Å². The number of carbonyl (C=O) groups is 1. The van der Waals surface area contributed by atoms with Crippen LogP contribution in [0.2, 0.25) is 0 Å². The summed E-state index contributed by atoms with van der Waals surface area (Å²) in [6.45, 7) is 7.28. The first-order valence-electron chi connectivity index (χ1n) is 9.80. The Morgan fingerprint density at radius 2 is 1.83 bits per heavy atom. The van der Waals surface area contributed by atoms with Gasteiger partial charge < -0.3 is 15.0 Å². The van der Waals surface area contributed by atoms with Gasteiger partial charge in [-0.05, 0) is 45.4 Å². The molecular weight excluding hydrogens is 367 g/mol. The molecule has 2 N–H and O–H groups in total. The Labute approximate surface area is 171 Å². The molecule has 0 fully saturated rings. The maximum Gasteiger partial charge on any atom is 0.337 e. The number of aryl methyl sites for hydroxylation is 1. The Balaban J connectivity index is 1.77. The Hall–Kier alpha value is -2.92. The van der Waals surface area contributed by atoms with Gasteiger partial charge >= 0.3 is 5.97 Å². The van der Waals surface area contributed by atoms with Gasteiger partial charge in [-0.25, -0.2) is 9.18 Å². The van der Waals surface area contributed by atoms with Crippen LogP contribution in [0.5, 0.6) is 0 Å². The van der Waals surface area contributed by atoms with Crippen LogP contribution in [0.3, 0.4) is 0 Å². The molecule has 1 aromatic heterocycles. The van der Waals surface area contributed by atoms with E-state index in [1.807, 2.05) is 17.6 Å². The molecule has 2 aromatic carbocycles. The number of halogens is 1. The standard InChI is InChI=1S/C24H27FN2O2/c1-16-7-6-8-19(13-16)11-12-26-14-21-17(2)27(18(3)23(21)24(28)29)15-20-9-4-5-10-22(20)25/h4-10,13,26H,11-12,14-15H2,1-3H3,(H,28,29). The topological polar surface area (TPSA) is 54.3 Å². The van der Waals surface area contributed by atoms with Gasteiger partial charge in [-0.3, -0.25) is 0 Å². The zero-order chi connectivity index (χ0) is 21.0. The van der Waals surface area contributed by atoms with Crippen LogP contribution in [0.25, 0.3) is 0 Å². The molecule has 4 nitrogen and oxygen atoms in total. The molecule has 0 atom stereocenters. The van der Waals surface area contributed by atoms with Gasteiger partial charge in [-0.15, -0.1) is 0 Å². The van der Waals surface area contributed by atoms with Crippen molar-refractivity contribution in [1.29, 1.82) is 0 Å². The number of nitrogens with zero attached hydrogens (tertiary/aromatic N) is 1. The lowest BCUT2D eigenvalue weighted by atomic mass is 10.1. The van der Waals surface area contributed by atoms with Crippen molar-refractivity contribution in [1.82, 2.24) is 9.88 Å². The Morgan fingerprint density at radius 3 is 2.52 bits per heavy atom. The molecule has 152 valence electrons. The van der Waals surface area contributed by atoms with Crippen molar-refractivity contribution in [2.24, 2.45) is 0 Å². The van der Waals surface area contributed by atoms with Gasteiger partial charge in [0.2, 0.25) is 0 Å². The van der Waals surface area contributed by atoms with Crippen molar-refractivity contribution in [3.05, 3.63) is 93.6 Å². The Bertz CT molecular complexity index is 1020. The second-order valence-electron chi connectivity index (χ2n) is 7.42. The quantitative estimate of drug-likeness (QED) is 0.548. The molecule has 0 saturated heterocycles. The van der Waals surface area contributed by atoms with Crippen LogP contribution in [-0.4, -0.2) is 22.2 Å². The van der Waals surface area contributed by atoms with E-state index in [1.165, 1.54) is 17.2 Å². The van der Waals surface area contributed by atoms with Crippen molar-refractivity contribution in [2.45, 2.75) is 40.3 Å². The van der Waals surface area contributed by atoms with Gasteiger partial charge in [-0.2, -0.15) is 0 Å². The average molecular weight is 394 g/mol. The average Bonchev–Trinajstić information content (AvgIpc) is 2.91. The number of aromatic carboxylic acids is 1. The summed E-state index contributed by atoms with van der Waals surface area (Å²) in [7, 11) is 0. The fourth-order valence-corrected chi connectivity index (χ4v) is 3.80. The molecule has 0 amide bonds. The van der Waals surface area contributed by atoms with Gasteiger partial charge in [0, 0.05) is 29.1 Å². The van der Waals surface area contributed by atoms with E-state index in [2.05, 4.69) is 30.4 Å². The Morgan fingerprint density at radius 1 is 1.07 bits per heavy atom. The maximum absolute atomic E-state index is 14.1. The lowest BCUT2D eigenvalue weighted by Gasteiger charge is -2.11. The SMILES string of the molecule is Cc1cccc(CCNCc2c(C(=O)O)c(C)n(Cc3ccccc3F)c2C)c1. The van der Waals surface area contributed by atoms with E-state index in [4.69, 9.17) is 0 Å². The van der Waals surface area contributed by atoms with Gasteiger partial charge in [0.15, 0.2) is 0 Å². The number of hydrogen-bond acceptors (Lipinski definition) is 2. The lowest BCUT2D eigenvalue weighted by molar-refractivity contribution is 0.0694. The Kier molecular flexibility index (Phi) is 6.49. The van der Waals surface area contributed by atoms with E-state index in [0.29, 0.717) is 29.9 Å². The normalized spacial score (nSPS) is 11.0. The van der Waals surface area contributed by atoms with Crippen LogP contribution < -0.4 is 5.32 Å². The minimum Gasteiger partial charge on any atom is -0.478 e. The van der Waals surface area contributed by atoms with Crippen LogP contribution in [-0.2, 0) is 19.5 Å². The predicted octanol–water partition coefficient (Wildman–Crippen LogP) is 4.63. The van der Waals surface area contributed by atoms with E-state index >= 15 is 0 Å². The fourth-order valence-electron chi connectivity index (χ4n) is 3.80. The molecule has 1 heterocycles. The maximum atomic E-state index is 14.1. The van der Waals surface area contributed by atoms with E-state index in [9.17, 15) is 14.3 Å². The summed E-state index contributed by atoms with van der Waals surface area (Å²) in [6, 6.07) is 15.0. The van der Waals surface area contributed by atoms with Crippen LogP contribution >= 0.6 is 0 Å². The number of aromatic nitrogens is 1. The fraction of sp³-hybridized carbons (Fsp3) is 0.292. The van der Waals surface area contributed by atoms with Crippen LogP contribution in [0, 0.1) is 26.6 Å². The third-order valence-electron chi connectivity index (χ3n) is 5.38. The molecule has 0 spiro atoms. The molecular formula is C24H27FN2O2. The molecule has 0 bridgehead atoms. The van der Waals surface area contributed by atoms with E-state index < -0.39 is 5.97 Å². The molecule has 0 aliphatic rings. The summed E-state index contributed by atoms with van der Waals surface area (Å²) >= 11 is 0. The molecule has 3 rings (SSSR count). The first-order chi connectivity index (χ1) is 13.9. The number of carboxylic acids is 1. The minimum atomic E-state index is -0.951. The second-order valence-corrected chi connectivity index (χ2v) is 7.42. The first kappa shape index (κ1) is 20.8. The van der Waals surface area contributed by atoms with Crippen LogP contribution in [0.1, 0.15) is 44.0 Å². The zero-order valence-electron chi connectivity index (χ0n) is 17.1. The molecule has 0 aliphatic carbocycles. The summed E-state index contributed by atoms with van der Waals surface area (Å²) in [4.78, 5) is 11.9. The van der Waals surface area contributed by atoms with E-state index in [1.54, 1.807) is 25.1 Å². The molecule has 0 saturated carbocycles. The van der Waals surface area contributed by atoms with Crippen molar-refractivity contribution >= 4 is 5.97 Å². The highest BCUT2D eigenvalue weighted by molar-refractivity contribution is 5.91. The third-order valence-corrected chi connectivity index (χ3v) is 5.38. The minimum absolute atomic E-state index is 0.283. The molecule has 0 radical (unpaired) electrons. The summed E-state index contributed by atoms with van der Waals surface area (Å²) in [5.41, 5.74) is 5.59. The van der Waals surface area contributed by atoms with Gasteiger partial charge in [0.25, 0.3) is 0 Å². The summed E-state index contributed by atoms with van der Waals surface area (Å²) in [5.74, 6) is -1.23. The molecule has 5 heteroatoms. The third kappa shape index (κ3) is 4.74. The summed E-state index contributed by atoms with van der Waals surface area (Å²) < 4.78 is 16.0. The van der Waals surface area contributed by atoms with Gasteiger partial charge in [-0.1, -0.05) is 48.0 Å². The molecule has 29 heavy (non-hydrogen) atoms. The van der Waals surface area contributed by atoms with Crippen molar-refractivity contribution in [3.8, 4) is 0 Å². The highest BCUT2D eigenvalue weighted by Crippen LogP contribution is 2.24.